The molecular formula is C15H18O2. The highest BCUT2D eigenvalue weighted by Gasteiger charge is 2.11. The average Bonchev–Trinajstić information content (AvgIpc) is 2.27. The molecular weight excluding hydrogens is 212 g/mol. The third-order valence-corrected chi connectivity index (χ3v) is 2.70. The SMILES string of the molecule is CC(C)(O)CCOc1ccc2ccccc2c1. The van der Waals surface area contributed by atoms with E-state index in [0.717, 1.165) is 5.75 Å². The van der Waals surface area contributed by atoms with E-state index in [-0.39, 0.29) is 0 Å². The van der Waals surface area contributed by atoms with Crippen molar-refractivity contribution < 1.29 is 9.84 Å². The monoisotopic (exact) mass is 230 g/mol. The molecule has 0 atom stereocenters. The normalized spacial score (nSPS) is 11.7. The van der Waals surface area contributed by atoms with Crippen LogP contribution in [0.15, 0.2) is 42.5 Å². The maximum Gasteiger partial charge on any atom is 0.119 e. The zero-order chi connectivity index (χ0) is 12.3. The summed E-state index contributed by atoms with van der Waals surface area (Å²) in [5.74, 6) is 0.855. The van der Waals surface area contributed by atoms with Gasteiger partial charge in [-0.2, -0.15) is 0 Å². The van der Waals surface area contributed by atoms with Gasteiger partial charge in [-0.3, -0.25) is 0 Å². The molecule has 0 aliphatic heterocycles. The lowest BCUT2D eigenvalue weighted by Gasteiger charge is -2.17. The van der Waals surface area contributed by atoms with Gasteiger partial charge >= 0.3 is 0 Å². The first kappa shape index (κ1) is 11.9. The fraction of sp³-hybridized carbons (Fsp3) is 0.333. The van der Waals surface area contributed by atoms with Crippen LogP contribution in [0.4, 0.5) is 0 Å². The number of fused-ring (bicyclic) bond motifs is 1. The van der Waals surface area contributed by atoms with Crippen LogP contribution in [-0.4, -0.2) is 17.3 Å². The van der Waals surface area contributed by atoms with E-state index < -0.39 is 5.60 Å². The molecule has 0 saturated carbocycles. The van der Waals surface area contributed by atoms with Gasteiger partial charge in [0.05, 0.1) is 12.2 Å². The lowest BCUT2D eigenvalue weighted by molar-refractivity contribution is 0.0554. The van der Waals surface area contributed by atoms with E-state index in [0.29, 0.717) is 13.0 Å². The van der Waals surface area contributed by atoms with Crippen LogP contribution in [0.25, 0.3) is 10.8 Å². The second-order valence-electron chi connectivity index (χ2n) is 4.92. The zero-order valence-corrected chi connectivity index (χ0v) is 10.3. The summed E-state index contributed by atoms with van der Waals surface area (Å²) >= 11 is 0. The molecule has 2 aromatic rings. The third-order valence-electron chi connectivity index (χ3n) is 2.70. The Morgan fingerprint density at radius 3 is 2.47 bits per heavy atom. The number of hydrogen-bond donors (Lipinski definition) is 1. The van der Waals surface area contributed by atoms with Crippen LogP contribution in [0, 0.1) is 0 Å². The predicted molar refractivity (Wildman–Crippen MR) is 70.4 cm³/mol. The molecule has 90 valence electrons. The van der Waals surface area contributed by atoms with E-state index in [1.807, 2.05) is 24.3 Å². The van der Waals surface area contributed by atoms with Gasteiger partial charge in [0.1, 0.15) is 5.75 Å². The van der Waals surface area contributed by atoms with Gasteiger partial charge in [0.25, 0.3) is 0 Å². The Morgan fingerprint density at radius 2 is 1.76 bits per heavy atom. The maximum atomic E-state index is 9.59. The van der Waals surface area contributed by atoms with Crippen molar-refractivity contribution in [1.29, 1.82) is 0 Å². The minimum absolute atomic E-state index is 0.530. The lowest BCUT2D eigenvalue weighted by atomic mass is 10.1. The highest BCUT2D eigenvalue weighted by Crippen LogP contribution is 2.21. The third kappa shape index (κ3) is 3.46. The van der Waals surface area contributed by atoms with Crippen LogP contribution in [-0.2, 0) is 0 Å². The maximum absolute atomic E-state index is 9.59. The Labute approximate surface area is 102 Å². The van der Waals surface area contributed by atoms with Crippen LogP contribution in [0.5, 0.6) is 5.75 Å². The Kier molecular flexibility index (Phi) is 3.34. The molecule has 0 aliphatic carbocycles. The number of benzene rings is 2. The fourth-order valence-electron chi connectivity index (χ4n) is 1.68. The molecule has 2 heteroatoms. The summed E-state index contributed by atoms with van der Waals surface area (Å²) in [6.45, 7) is 4.11. The first-order chi connectivity index (χ1) is 8.04. The van der Waals surface area contributed by atoms with E-state index in [9.17, 15) is 5.11 Å². The molecule has 0 unspecified atom stereocenters. The van der Waals surface area contributed by atoms with E-state index in [4.69, 9.17) is 4.74 Å². The zero-order valence-electron chi connectivity index (χ0n) is 10.3. The van der Waals surface area contributed by atoms with Crippen LogP contribution in [0.1, 0.15) is 20.3 Å². The lowest BCUT2D eigenvalue weighted by Crippen LogP contribution is -2.21. The molecule has 0 fully saturated rings. The highest BCUT2D eigenvalue weighted by molar-refractivity contribution is 5.83. The van der Waals surface area contributed by atoms with Gasteiger partial charge < -0.3 is 9.84 Å². The Balaban J connectivity index is 2.04. The van der Waals surface area contributed by atoms with Crippen molar-refractivity contribution in [3.8, 4) is 5.75 Å². The molecule has 17 heavy (non-hydrogen) atoms. The summed E-state index contributed by atoms with van der Waals surface area (Å²) in [5.41, 5.74) is -0.670. The van der Waals surface area contributed by atoms with Crippen molar-refractivity contribution in [1.82, 2.24) is 0 Å². The Morgan fingerprint density at radius 1 is 1.06 bits per heavy atom. The minimum atomic E-state index is -0.670. The van der Waals surface area contributed by atoms with Crippen LogP contribution < -0.4 is 4.74 Å². The smallest absolute Gasteiger partial charge is 0.119 e. The topological polar surface area (TPSA) is 29.5 Å². The average molecular weight is 230 g/mol. The molecule has 0 amide bonds. The molecule has 0 heterocycles. The molecule has 1 N–H and O–H groups in total. The van der Waals surface area contributed by atoms with Crippen molar-refractivity contribution in [2.75, 3.05) is 6.61 Å². The molecule has 2 aromatic carbocycles. The number of hydrogen-bond acceptors (Lipinski definition) is 2. The van der Waals surface area contributed by atoms with Gasteiger partial charge in [0, 0.05) is 6.42 Å². The van der Waals surface area contributed by atoms with Gasteiger partial charge in [-0.25, -0.2) is 0 Å². The van der Waals surface area contributed by atoms with E-state index in [1.54, 1.807) is 13.8 Å². The van der Waals surface area contributed by atoms with Gasteiger partial charge in [0.2, 0.25) is 0 Å². The highest BCUT2D eigenvalue weighted by atomic mass is 16.5. The summed E-state index contributed by atoms with van der Waals surface area (Å²) in [6.07, 6.45) is 0.625. The van der Waals surface area contributed by atoms with E-state index in [2.05, 4.69) is 18.2 Å². The molecule has 2 rings (SSSR count). The first-order valence-electron chi connectivity index (χ1n) is 5.89. The number of ether oxygens (including phenoxy) is 1. The molecule has 0 spiro atoms. The predicted octanol–water partition coefficient (Wildman–Crippen LogP) is 3.38. The van der Waals surface area contributed by atoms with Crippen LogP contribution >= 0.6 is 0 Å². The fourth-order valence-corrected chi connectivity index (χ4v) is 1.68. The number of rotatable bonds is 4. The summed E-state index contributed by atoms with van der Waals surface area (Å²) in [6, 6.07) is 14.2. The summed E-state index contributed by atoms with van der Waals surface area (Å²) in [5, 5.41) is 12.0. The van der Waals surface area contributed by atoms with Crippen molar-refractivity contribution in [2.45, 2.75) is 25.9 Å². The molecule has 0 radical (unpaired) electrons. The first-order valence-corrected chi connectivity index (χ1v) is 5.89. The standard InChI is InChI=1S/C15H18O2/c1-15(2,16)9-10-17-14-8-7-12-5-3-4-6-13(12)11-14/h3-8,11,16H,9-10H2,1-2H3. The quantitative estimate of drug-likeness (QED) is 0.872. The summed E-state index contributed by atoms with van der Waals surface area (Å²) in [4.78, 5) is 0. The van der Waals surface area contributed by atoms with Crippen LogP contribution in [0.3, 0.4) is 0 Å². The van der Waals surface area contributed by atoms with Crippen molar-refractivity contribution in [2.24, 2.45) is 0 Å². The molecule has 0 aliphatic rings. The number of aliphatic hydroxyl groups is 1. The molecule has 0 saturated heterocycles. The van der Waals surface area contributed by atoms with Crippen LogP contribution in [0.2, 0.25) is 0 Å². The Bertz CT molecular complexity index is 497. The summed E-state index contributed by atoms with van der Waals surface area (Å²) in [7, 11) is 0. The van der Waals surface area contributed by atoms with Gasteiger partial charge in [-0.05, 0) is 36.8 Å². The minimum Gasteiger partial charge on any atom is -0.493 e. The molecule has 0 aromatic heterocycles. The largest absolute Gasteiger partial charge is 0.493 e. The second kappa shape index (κ2) is 4.76. The second-order valence-corrected chi connectivity index (χ2v) is 4.92. The summed E-state index contributed by atoms with van der Waals surface area (Å²) < 4.78 is 5.63. The van der Waals surface area contributed by atoms with Crippen molar-refractivity contribution >= 4 is 10.8 Å². The van der Waals surface area contributed by atoms with Gasteiger partial charge in [0.15, 0.2) is 0 Å². The van der Waals surface area contributed by atoms with Gasteiger partial charge in [-0.15, -0.1) is 0 Å². The van der Waals surface area contributed by atoms with Gasteiger partial charge in [-0.1, -0.05) is 30.3 Å². The van der Waals surface area contributed by atoms with Crippen molar-refractivity contribution in [3.05, 3.63) is 42.5 Å². The molecule has 2 nitrogen and oxygen atoms in total. The van der Waals surface area contributed by atoms with E-state index >= 15 is 0 Å². The molecule has 0 bridgehead atoms. The Hall–Kier alpha value is -1.54. The van der Waals surface area contributed by atoms with E-state index in [1.165, 1.54) is 10.8 Å². The van der Waals surface area contributed by atoms with Crippen molar-refractivity contribution in [3.63, 3.8) is 0 Å².